The summed E-state index contributed by atoms with van der Waals surface area (Å²) in [5.74, 6) is -3.43. The summed E-state index contributed by atoms with van der Waals surface area (Å²) in [5, 5.41) is 2.66. The first-order valence-corrected chi connectivity index (χ1v) is 9.23. The Morgan fingerprint density at radius 2 is 1.70 bits per heavy atom. The van der Waals surface area contributed by atoms with Crippen LogP contribution in [0.3, 0.4) is 0 Å². The van der Waals surface area contributed by atoms with Gasteiger partial charge < -0.3 is 10.2 Å². The molecule has 1 N–H and O–H groups in total. The third kappa shape index (κ3) is 5.02. The van der Waals surface area contributed by atoms with E-state index in [0.717, 1.165) is 44.5 Å². The number of amides is 1. The van der Waals surface area contributed by atoms with Crippen LogP contribution in [0.2, 0.25) is 0 Å². The zero-order chi connectivity index (χ0) is 19.2. The van der Waals surface area contributed by atoms with Crippen LogP contribution in [0.4, 0.5) is 18.9 Å². The molecule has 0 bridgehead atoms. The average molecular weight is 376 g/mol. The van der Waals surface area contributed by atoms with Crippen molar-refractivity contribution in [2.45, 2.75) is 25.7 Å². The zero-order valence-corrected chi connectivity index (χ0v) is 15.1. The third-order valence-corrected chi connectivity index (χ3v) is 5.02. The molecule has 3 rings (SSSR count). The summed E-state index contributed by atoms with van der Waals surface area (Å²) in [6.45, 7) is 1.61. The minimum atomic E-state index is -1.51. The van der Waals surface area contributed by atoms with Crippen molar-refractivity contribution < 1.29 is 18.0 Å². The van der Waals surface area contributed by atoms with Crippen LogP contribution in [-0.2, 0) is 11.2 Å². The van der Waals surface area contributed by atoms with Gasteiger partial charge >= 0.3 is 0 Å². The fourth-order valence-corrected chi connectivity index (χ4v) is 3.46. The number of rotatable bonds is 6. The predicted molar refractivity (Wildman–Crippen MR) is 98.9 cm³/mol. The van der Waals surface area contributed by atoms with Crippen molar-refractivity contribution >= 4 is 11.6 Å². The Morgan fingerprint density at radius 3 is 2.41 bits per heavy atom. The van der Waals surface area contributed by atoms with Crippen LogP contribution in [0.15, 0.2) is 42.5 Å². The van der Waals surface area contributed by atoms with Crippen LogP contribution >= 0.6 is 0 Å². The third-order valence-electron chi connectivity index (χ3n) is 5.02. The van der Waals surface area contributed by atoms with E-state index < -0.39 is 17.5 Å². The number of benzene rings is 2. The maximum atomic E-state index is 13.6. The van der Waals surface area contributed by atoms with Crippen LogP contribution in [0.25, 0.3) is 0 Å². The van der Waals surface area contributed by atoms with Gasteiger partial charge in [0.15, 0.2) is 17.5 Å². The summed E-state index contributed by atoms with van der Waals surface area (Å²) < 4.78 is 39.7. The Labute approximate surface area is 157 Å². The lowest BCUT2D eigenvalue weighted by atomic mass is 9.90. The largest absolute Gasteiger partial charge is 0.382 e. The van der Waals surface area contributed by atoms with E-state index >= 15 is 0 Å². The van der Waals surface area contributed by atoms with Gasteiger partial charge in [-0.3, -0.25) is 4.79 Å². The molecule has 3 nitrogen and oxygen atoms in total. The molecule has 0 spiro atoms. The van der Waals surface area contributed by atoms with Crippen molar-refractivity contribution in [3.05, 3.63) is 65.5 Å². The number of nitrogens with one attached hydrogen (secondary N) is 1. The fraction of sp³-hybridized carbons (Fsp3) is 0.381. The van der Waals surface area contributed by atoms with E-state index in [0.29, 0.717) is 5.92 Å². The second-order valence-corrected chi connectivity index (χ2v) is 6.91. The summed E-state index contributed by atoms with van der Waals surface area (Å²) in [5.41, 5.74) is 1.18. The lowest BCUT2D eigenvalue weighted by Gasteiger charge is -2.32. The van der Waals surface area contributed by atoms with Gasteiger partial charge in [-0.1, -0.05) is 30.3 Å². The Kier molecular flexibility index (Phi) is 6.37. The fourth-order valence-electron chi connectivity index (χ4n) is 3.46. The summed E-state index contributed by atoms with van der Waals surface area (Å²) in [7, 11) is 0. The van der Waals surface area contributed by atoms with Gasteiger partial charge in [0.1, 0.15) is 0 Å². The van der Waals surface area contributed by atoms with Crippen molar-refractivity contribution in [2.75, 3.05) is 25.0 Å². The zero-order valence-electron chi connectivity index (χ0n) is 15.1. The molecule has 1 aliphatic heterocycles. The molecule has 1 aliphatic rings. The second-order valence-electron chi connectivity index (χ2n) is 6.91. The lowest BCUT2D eigenvalue weighted by molar-refractivity contribution is -0.132. The van der Waals surface area contributed by atoms with Gasteiger partial charge in [-0.25, -0.2) is 13.2 Å². The first-order valence-electron chi connectivity index (χ1n) is 9.23. The van der Waals surface area contributed by atoms with E-state index in [1.165, 1.54) is 5.56 Å². The van der Waals surface area contributed by atoms with E-state index in [1.54, 1.807) is 0 Å². The molecule has 2 aromatic carbocycles. The van der Waals surface area contributed by atoms with Gasteiger partial charge in [-0.15, -0.1) is 0 Å². The summed E-state index contributed by atoms with van der Waals surface area (Å²) in [6, 6.07) is 12.3. The molecular weight excluding hydrogens is 353 g/mol. The van der Waals surface area contributed by atoms with Gasteiger partial charge in [-0.05, 0) is 42.9 Å². The molecule has 0 radical (unpaired) electrons. The van der Waals surface area contributed by atoms with Crippen molar-refractivity contribution in [1.82, 2.24) is 4.90 Å². The van der Waals surface area contributed by atoms with Gasteiger partial charge in [-0.2, -0.15) is 0 Å². The molecular formula is C21H23F3N2O. The highest BCUT2D eigenvalue weighted by Gasteiger charge is 2.22. The SMILES string of the molecule is O=C(CCNc1ccc(F)c(F)c1F)N1CCC(Cc2ccccc2)CC1. The number of halogens is 3. The van der Waals surface area contributed by atoms with Crippen molar-refractivity contribution in [3.63, 3.8) is 0 Å². The first kappa shape index (κ1) is 19.3. The van der Waals surface area contributed by atoms with Crippen LogP contribution in [-0.4, -0.2) is 30.4 Å². The molecule has 6 heteroatoms. The van der Waals surface area contributed by atoms with E-state index in [2.05, 4.69) is 17.4 Å². The highest BCUT2D eigenvalue weighted by molar-refractivity contribution is 5.76. The highest BCUT2D eigenvalue weighted by atomic mass is 19.2. The monoisotopic (exact) mass is 376 g/mol. The highest BCUT2D eigenvalue weighted by Crippen LogP contribution is 2.22. The number of anilines is 1. The van der Waals surface area contributed by atoms with Gasteiger partial charge in [0.05, 0.1) is 5.69 Å². The van der Waals surface area contributed by atoms with E-state index in [4.69, 9.17) is 0 Å². The number of nitrogens with zero attached hydrogens (tertiary/aromatic N) is 1. The smallest absolute Gasteiger partial charge is 0.224 e. The molecule has 0 unspecified atom stereocenters. The second kappa shape index (κ2) is 8.93. The molecule has 0 aromatic heterocycles. The molecule has 0 aliphatic carbocycles. The normalized spacial score (nSPS) is 15.0. The maximum absolute atomic E-state index is 13.6. The molecule has 144 valence electrons. The molecule has 1 fully saturated rings. The minimum absolute atomic E-state index is 0.0105. The van der Waals surface area contributed by atoms with Crippen LogP contribution in [0.5, 0.6) is 0 Å². The van der Waals surface area contributed by atoms with Crippen LogP contribution < -0.4 is 5.32 Å². The molecule has 0 saturated carbocycles. The van der Waals surface area contributed by atoms with Gasteiger partial charge in [0, 0.05) is 26.1 Å². The minimum Gasteiger partial charge on any atom is -0.382 e. The molecule has 0 atom stereocenters. The quantitative estimate of drug-likeness (QED) is 0.759. The molecule has 1 amide bonds. The predicted octanol–water partition coefficient (Wildman–Crippen LogP) is 4.39. The Hall–Kier alpha value is -2.50. The maximum Gasteiger partial charge on any atom is 0.224 e. The van der Waals surface area contributed by atoms with E-state index in [9.17, 15) is 18.0 Å². The average Bonchev–Trinajstić information content (AvgIpc) is 2.69. The molecule has 1 heterocycles. The van der Waals surface area contributed by atoms with Gasteiger partial charge in [0.2, 0.25) is 5.91 Å². The van der Waals surface area contributed by atoms with Crippen molar-refractivity contribution in [2.24, 2.45) is 5.92 Å². The van der Waals surface area contributed by atoms with Crippen molar-refractivity contribution in [3.8, 4) is 0 Å². The number of hydrogen-bond acceptors (Lipinski definition) is 2. The van der Waals surface area contributed by atoms with Gasteiger partial charge in [0.25, 0.3) is 0 Å². The topological polar surface area (TPSA) is 32.3 Å². The number of carbonyl (C=O) groups is 1. The van der Waals surface area contributed by atoms with Crippen LogP contribution in [0, 0.1) is 23.4 Å². The van der Waals surface area contributed by atoms with E-state index in [-0.39, 0.29) is 24.6 Å². The summed E-state index contributed by atoms with van der Waals surface area (Å²) >= 11 is 0. The Balaban J connectivity index is 1.41. The molecule has 2 aromatic rings. The standard InChI is InChI=1S/C21H23F3N2O/c22-17-6-7-18(21(24)20(17)23)25-11-8-19(27)26-12-9-16(10-13-26)14-15-4-2-1-3-5-15/h1-7,16,25H,8-14H2. The summed E-state index contributed by atoms with van der Waals surface area (Å²) in [4.78, 5) is 14.1. The number of carbonyl (C=O) groups excluding carboxylic acids is 1. The Bertz CT molecular complexity index is 774. The molecule has 27 heavy (non-hydrogen) atoms. The Morgan fingerprint density at radius 1 is 1.00 bits per heavy atom. The number of hydrogen-bond donors (Lipinski definition) is 1. The lowest BCUT2D eigenvalue weighted by Crippen LogP contribution is -2.39. The molecule has 1 saturated heterocycles. The first-order chi connectivity index (χ1) is 13.0. The number of likely N-dealkylation sites (tertiary alicyclic amines) is 1. The van der Waals surface area contributed by atoms with Crippen LogP contribution in [0.1, 0.15) is 24.8 Å². The van der Waals surface area contributed by atoms with Crippen molar-refractivity contribution in [1.29, 1.82) is 0 Å². The summed E-state index contributed by atoms with van der Waals surface area (Å²) in [6.07, 6.45) is 3.14. The number of piperidine rings is 1. The van der Waals surface area contributed by atoms with E-state index in [1.807, 2.05) is 23.1 Å².